The molecule has 2 aromatic carbocycles. The van der Waals surface area contributed by atoms with Gasteiger partial charge in [-0.25, -0.2) is 0 Å². The van der Waals surface area contributed by atoms with E-state index in [4.69, 9.17) is 9.47 Å². The molecule has 0 unspecified atom stereocenters. The highest BCUT2D eigenvalue weighted by Gasteiger charge is 2.36. The van der Waals surface area contributed by atoms with Gasteiger partial charge in [-0.3, -0.25) is 14.4 Å². The second-order valence-corrected chi connectivity index (χ2v) is 7.04. The zero-order valence-corrected chi connectivity index (χ0v) is 17.2. The lowest BCUT2D eigenvalue weighted by Gasteiger charge is -2.17. The molecule has 0 aliphatic carbocycles. The molecule has 0 bridgehead atoms. The molecule has 0 saturated carbocycles. The van der Waals surface area contributed by atoms with Gasteiger partial charge in [0.05, 0.1) is 12.5 Å². The molecule has 0 radical (unpaired) electrons. The lowest BCUT2D eigenvalue weighted by atomic mass is 10.1. The summed E-state index contributed by atoms with van der Waals surface area (Å²) in [5, 5.41) is 2.66. The molecule has 158 valence electrons. The van der Waals surface area contributed by atoms with Crippen molar-refractivity contribution in [3.05, 3.63) is 54.1 Å². The predicted molar refractivity (Wildman–Crippen MR) is 113 cm³/mol. The highest BCUT2D eigenvalue weighted by molar-refractivity contribution is 6.00. The zero-order valence-electron chi connectivity index (χ0n) is 17.2. The van der Waals surface area contributed by atoms with Crippen LogP contribution in [0.15, 0.2) is 48.5 Å². The third-order valence-electron chi connectivity index (χ3n) is 4.91. The molecular formula is C23H26N2O5. The summed E-state index contributed by atoms with van der Waals surface area (Å²) in [5.74, 6) is -0.981. The van der Waals surface area contributed by atoms with E-state index in [-0.39, 0.29) is 18.9 Å². The normalized spacial score (nSPS) is 15.7. The van der Waals surface area contributed by atoms with E-state index in [1.54, 1.807) is 29.2 Å². The van der Waals surface area contributed by atoms with E-state index in [2.05, 4.69) is 12.2 Å². The maximum absolute atomic E-state index is 12.3. The highest BCUT2D eigenvalue weighted by Crippen LogP contribution is 2.26. The molecule has 1 N–H and O–H groups in total. The van der Waals surface area contributed by atoms with Crippen LogP contribution in [0, 0.1) is 5.92 Å². The third kappa shape index (κ3) is 5.37. The number of rotatable bonds is 8. The summed E-state index contributed by atoms with van der Waals surface area (Å²) in [5.41, 5.74) is 2.53. The first-order valence-corrected chi connectivity index (χ1v) is 10.1. The Morgan fingerprint density at radius 3 is 2.40 bits per heavy atom. The van der Waals surface area contributed by atoms with E-state index in [9.17, 15) is 14.4 Å². The lowest BCUT2D eigenvalue weighted by molar-refractivity contribution is -0.151. The van der Waals surface area contributed by atoms with Gasteiger partial charge < -0.3 is 19.7 Å². The van der Waals surface area contributed by atoms with Gasteiger partial charge in [0.25, 0.3) is 5.91 Å². The van der Waals surface area contributed by atoms with E-state index < -0.39 is 24.4 Å². The summed E-state index contributed by atoms with van der Waals surface area (Å²) in [4.78, 5) is 38.3. The minimum absolute atomic E-state index is 0.0782. The molecule has 2 aromatic rings. The van der Waals surface area contributed by atoms with E-state index in [1.165, 1.54) is 5.56 Å². The van der Waals surface area contributed by atoms with Gasteiger partial charge >= 0.3 is 5.97 Å². The summed E-state index contributed by atoms with van der Waals surface area (Å²) in [6, 6.07) is 14.6. The molecule has 0 aromatic heterocycles. The molecule has 1 atom stereocenters. The number of nitrogens with one attached hydrogen (secondary N) is 1. The second-order valence-electron chi connectivity index (χ2n) is 7.04. The van der Waals surface area contributed by atoms with Crippen LogP contribution in [0.4, 0.5) is 11.4 Å². The SMILES string of the molecule is CCOc1ccc(NC(=O)COC(=O)[C@@H]2CC(=O)N(c3ccc(CC)cc3)C2)cc1. The van der Waals surface area contributed by atoms with Crippen molar-refractivity contribution in [2.75, 3.05) is 30.0 Å². The fraction of sp³-hybridized carbons (Fsp3) is 0.348. The molecule has 1 heterocycles. The molecule has 0 spiro atoms. The van der Waals surface area contributed by atoms with Gasteiger partial charge in [0.1, 0.15) is 5.75 Å². The summed E-state index contributed by atoms with van der Waals surface area (Å²) in [6.07, 6.45) is 0.997. The molecule has 1 aliphatic rings. The minimum Gasteiger partial charge on any atom is -0.494 e. The Kier molecular flexibility index (Phi) is 7.06. The van der Waals surface area contributed by atoms with Gasteiger partial charge in [0.2, 0.25) is 5.91 Å². The Labute approximate surface area is 176 Å². The van der Waals surface area contributed by atoms with Crippen molar-refractivity contribution in [1.82, 2.24) is 0 Å². The van der Waals surface area contributed by atoms with Crippen LogP contribution in [0.1, 0.15) is 25.8 Å². The fourth-order valence-corrected chi connectivity index (χ4v) is 3.28. The number of hydrogen-bond donors (Lipinski definition) is 1. The Hall–Kier alpha value is -3.35. The summed E-state index contributed by atoms with van der Waals surface area (Å²) in [7, 11) is 0. The number of nitrogens with zero attached hydrogens (tertiary/aromatic N) is 1. The Morgan fingerprint density at radius 1 is 1.07 bits per heavy atom. The van der Waals surface area contributed by atoms with Crippen molar-refractivity contribution in [2.24, 2.45) is 5.92 Å². The number of esters is 1. The molecule has 3 rings (SSSR count). The van der Waals surface area contributed by atoms with Crippen LogP contribution in [0.2, 0.25) is 0 Å². The van der Waals surface area contributed by atoms with Gasteiger partial charge in [-0.2, -0.15) is 0 Å². The highest BCUT2D eigenvalue weighted by atomic mass is 16.5. The average molecular weight is 410 g/mol. The van der Waals surface area contributed by atoms with Crippen molar-refractivity contribution >= 4 is 29.2 Å². The number of ether oxygens (including phenoxy) is 2. The molecule has 1 saturated heterocycles. The largest absolute Gasteiger partial charge is 0.494 e. The summed E-state index contributed by atoms with van der Waals surface area (Å²) < 4.78 is 10.5. The molecule has 30 heavy (non-hydrogen) atoms. The van der Waals surface area contributed by atoms with Crippen LogP contribution >= 0.6 is 0 Å². The van der Waals surface area contributed by atoms with E-state index >= 15 is 0 Å². The monoisotopic (exact) mass is 410 g/mol. The van der Waals surface area contributed by atoms with Gasteiger partial charge in [-0.05, 0) is 55.3 Å². The fourth-order valence-electron chi connectivity index (χ4n) is 3.28. The van der Waals surface area contributed by atoms with Crippen molar-refractivity contribution in [3.63, 3.8) is 0 Å². The maximum atomic E-state index is 12.3. The van der Waals surface area contributed by atoms with Crippen molar-refractivity contribution in [2.45, 2.75) is 26.7 Å². The van der Waals surface area contributed by atoms with Crippen molar-refractivity contribution < 1.29 is 23.9 Å². The van der Waals surface area contributed by atoms with E-state index in [0.717, 1.165) is 12.1 Å². The zero-order chi connectivity index (χ0) is 21.5. The predicted octanol–water partition coefficient (Wildman–Crippen LogP) is 3.18. The number of amides is 2. The van der Waals surface area contributed by atoms with Gasteiger partial charge in [-0.15, -0.1) is 0 Å². The standard InChI is InChI=1S/C23H26N2O5/c1-3-16-5-9-19(10-6-16)25-14-17(13-22(25)27)23(28)30-15-21(26)24-18-7-11-20(12-8-18)29-4-2/h5-12,17H,3-4,13-15H2,1-2H3,(H,24,26)/t17-/m1/s1. The third-order valence-corrected chi connectivity index (χ3v) is 4.91. The van der Waals surface area contributed by atoms with Crippen LogP contribution in [-0.2, 0) is 25.5 Å². The topological polar surface area (TPSA) is 84.9 Å². The molecule has 7 heteroatoms. The molecule has 1 fully saturated rings. The van der Waals surface area contributed by atoms with Crippen molar-refractivity contribution in [3.8, 4) is 5.75 Å². The molecule has 7 nitrogen and oxygen atoms in total. The van der Waals surface area contributed by atoms with Crippen LogP contribution in [0.5, 0.6) is 5.75 Å². The first-order valence-electron chi connectivity index (χ1n) is 10.1. The average Bonchev–Trinajstić information content (AvgIpc) is 3.15. The molecule has 1 aliphatic heterocycles. The van der Waals surface area contributed by atoms with Crippen molar-refractivity contribution in [1.29, 1.82) is 0 Å². The number of carbonyl (C=O) groups is 3. The molecule has 2 amide bonds. The summed E-state index contributed by atoms with van der Waals surface area (Å²) >= 11 is 0. The van der Waals surface area contributed by atoms with Gasteiger partial charge in [0, 0.05) is 24.3 Å². The second kappa shape index (κ2) is 9.91. The van der Waals surface area contributed by atoms with E-state index in [0.29, 0.717) is 18.0 Å². The minimum atomic E-state index is -0.582. The Bertz CT molecular complexity index is 893. The smallest absolute Gasteiger partial charge is 0.311 e. The van der Waals surface area contributed by atoms with Crippen LogP contribution in [-0.4, -0.2) is 37.5 Å². The first-order chi connectivity index (χ1) is 14.5. The van der Waals surface area contributed by atoms with Crippen LogP contribution in [0.25, 0.3) is 0 Å². The van der Waals surface area contributed by atoms with Crippen LogP contribution in [0.3, 0.4) is 0 Å². The number of carbonyl (C=O) groups excluding carboxylic acids is 3. The lowest BCUT2D eigenvalue weighted by Crippen LogP contribution is -2.28. The van der Waals surface area contributed by atoms with Gasteiger partial charge in [0.15, 0.2) is 6.61 Å². The number of hydrogen-bond acceptors (Lipinski definition) is 5. The molecular weight excluding hydrogens is 384 g/mol. The maximum Gasteiger partial charge on any atom is 0.311 e. The van der Waals surface area contributed by atoms with Gasteiger partial charge in [-0.1, -0.05) is 19.1 Å². The van der Waals surface area contributed by atoms with E-state index in [1.807, 2.05) is 31.2 Å². The Morgan fingerprint density at radius 2 is 1.77 bits per heavy atom. The summed E-state index contributed by atoms with van der Waals surface area (Å²) in [6.45, 7) is 4.37. The Balaban J connectivity index is 1.48. The quantitative estimate of drug-likeness (QED) is 0.676. The number of benzene rings is 2. The number of anilines is 2. The first kappa shape index (κ1) is 21.4. The van der Waals surface area contributed by atoms with Crippen LogP contribution < -0.4 is 15.0 Å². The number of aryl methyl sites for hydroxylation is 1.